The number of carbonyl (C=O) groups is 1. The van der Waals surface area contributed by atoms with E-state index in [1.54, 1.807) is 0 Å². The van der Waals surface area contributed by atoms with E-state index in [-0.39, 0.29) is 16.3 Å². The molecule has 0 aliphatic carbocycles. The third-order valence-corrected chi connectivity index (χ3v) is 8.01. The van der Waals surface area contributed by atoms with Crippen LogP contribution in [-0.2, 0) is 19.3 Å². The van der Waals surface area contributed by atoms with Crippen LogP contribution < -0.4 is 10.1 Å². The summed E-state index contributed by atoms with van der Waals surface area (Å²) in [5.41, 5.74) is -2.84. The van der Waals surface area contributed by atoms with Crippen LogP contribution >= 0.6 is 0 Å². The number of amides is 1. The van der Waals surface area contributed by atoms with Crippen LogP contribution in [-0.4, -0.2) is 53.4 Å². The molecule has 2 heterocycles. The third-order valence-electron chi connectivity index (χ3n) is 6.31. The molecule has 1 aliphatic heterocycles. The molecule has 0 radical (unpaired) electrons. The quantitative estimate of drug-likeness (QED) is 0.584. The first-order valence-electron chi connectivity index (χ1n) is 10.3. The molecule has 1 amide bonds. The summed E-state index contributed by atoms with van der Waals surface area (Å²) >= 11 is 0. The molecule has 1 aromatic heterocycles. The first-order valence-corrected chi connectivity index (χ1v) is 12.2. The number of methoxy groups -OCH3 is 1. The molecular weight excluding hydrogens is 497 g/mol. The number of halogens is 5. The second-order valence-electron chi connectivity index (χ2n) is 8.30. The molecular formula is C22H24F5N3O4S. The molecule has 1 fully saturated rings. The van der Waals surface area contributed by atoms with Gasteiger partial charge in [-0.05, 0) is 25.1 Å². The van der Waals surface area contributed by atoms with Crippen molar-refractivity contribution in [3.63, 3.8) is 0 Å². The second kappa shape index (κ2) is 9.34. The molecule has 1 N–H and O–H groups in total. The van der Waals surface area contributed by atoms with Crippen LogP contribution in [0.1, 0.15) is 25.3 Å². The van der Waals surface area contributed by atoms with E-state index in [9.17, 15) is 31.0 Å². The lowest BCUT2D eigenvalue weighted by atomic mass is 9.77. The van der Waals surface area contributed by atoms with E-state index < -0.39 is 62.7 Å². The largest absolute Gasteiger partial charge is 0.493 e. The minimum atomic E-state index is -4.88. The Morgan fingerprint density at radius 2 is 1.94 bits per heavy atom. The summed E-state index contributed by atoms with van der Waals surface area (Å²) < 4.78 is 96.8. The number of ether oxygens (including phenoxy) is 2. The Labute approximate surface area is 199 Å². The third kappa shape index (κ3) is 4.70. The summed E-state index contributed by atoms with van der Waals surface area (Å²) in [4.78, 5) is 17.2. The van der Waals surface area contributed by atoms with Gasteiger partial charge in [-0.25, -0.2) is 17.9 Å². The van der Waals surface area contributed by atoms with Gasteiger partial charge >= 0.3 is 6.18 Å². The number of nitrogens with zero attached hydrogens (tertiary/aromatic N) is 2. The maximum atomic E-state index is 14.4. The Kier molecular flexibility index (Phi) is 7.15. The summed E-state index contributed by atoms with van der Waals surface area (Å²) in [6, 6.07) is 4.45. The Bertz CT molecular complexity index is 1260. The number of pyridine rings is 1. The van der Waals surface area contributed by atoms with Gasteiger partial charge in [0.2, 0.25) is 5.82 Å². The van der Waals surface area contributed by atoms with E-state index in [1.807, 2.05) is 0 Å². The van der Waals surface area contributed by atoms with Crippen molar-refractivity contribution in [2.75, 3.05) is 25.7 Å². The number of alkyl halides is 3. The number of carbonyl (C=O) groups excluding carboxylic acids is 1. The number of aromatic nitrogens is 1. The number of hydrogen-bond acceptors (Lipinski definition) is 6. The van der Waals surface area contributed by atoms with Gasteiger partial charge in [0, 0.05) is 42.6 Å². The number of benzene rings is 1. The average molecular weight is 522 g/mol. The van der Waals surface area contributed by atoms with E-state index in [1.165, 1.54) is 38.6 Å². The minimum Gasteiger partial charge on any atom is -0.493 e. The van der Waals surface area contributed by atoms with Crippen LogP contribution in [0.4, 0.5) is 27.6 Å². The first-order chi connectivity index (χ1) is 16.2. The summed E-state index contributed by atoms with van der Waals surface area (Å²) in [5, 5.41) is 2.50. The molecule has 192 valence electrons. The van der Waals surface area contributed by atoms with Gasteiger partial charge in [0.05, 0.1) is 16.8 Å². The van der Waals surface area contributed by atoms with Gasteiger partial charge in [-0.15, -0.1) is 0 Å². The van der Waals surface area contributed by atoms with Gasteiger partial charge in [0.15, 0.2) is 17.2 Å². The molecule has 1 aliphatic rings. The summed E-state index contributed by atoms with van der Waals surface area (Å²) in [6.45, 7) is 2.01. The highest BCUT2D eigenvalue weighted by Crippen LogP contribution is 2.55. The van der Waals surface area contributed by atoms with Crippen molar-refractivity contribution in [1.29, 1.82) is 0 Å². The van der Waals surface area contributed by atoms with Crippen molar-refractivity contribution in [2.24, 2.45) is 10.3 Å². The molecule has 0 saturated carbocycles. The van der Waals surface area contributed by atoms with Crippen LogP contribution in [0.3, 0.4) is 0 Å². The van der Waals surface area contributed by atoms with E-state index in [0.717, 1.165) is 26.2 Å². The standard InChI is InChI=1S/C22H24F5N3O4S/c1-11-16(13-6-7-14(23)17(24)18(13)33-4)19(34-21(11,2)22(25,26)27)20(31)30-12-8-9-29-15(10-12)35(5,32)28-3/h6-11,16,19H,1-5H3,(H,29,30,31)/t11-,16-,19+,21+,35-/m0/s1. The maximum absolute atomic E-state index is 14.4. The van der Waals surface area contributed by atoms with Gasteiger partial charge in [-0.2, -0.15) is 17.6 Å². The molecule has 2 aromatic rings. The van der Waals surface area contributed by atoms with Crippen molar-refractivity contribution < 1.29 is 40.4 Å². The molecule has 0 spiro atoms. The lowest BCUT2D eigenvalue weighted by Crippen LogP contribution is -2.47. The fourth-order valence-corrected chi connectivity index (χ4v) is 4.83. The van der Waals surface area contributed by atoms with Gasteiger partial charge in [0.25, 0.3) is 5.91 Å². The first kappa shape index (κ1) is 26.8. The summed E-state index contributed by atoms with van der Waals surface area (Å²) in [7, 11) is -0.480. The van der Waals surface area contributed by atoms with Crippen molar-refractivity contribution in [3.05, 3.63) is 47.7 Å². The number of nitrogens with one attached hydrogen (secondary N) is 1. The Morgan fingerprint density at radius 3 is 2.51 bits per heavy atom. The van der Waals surface area contributed by atoms with Crippen molar-refractivity contribution >= 4 is 21.3 Å². The van der Waals surface area contributed by atoms with Crippen molar-refractivity contribution in [2.45, 2.75) is 42.7 Å². The lowest BCUT2D eigenvalue weighted by Gasteiger charge is -2.32. The van der Waals surface area contributed by atoms with Crippen LogP contribution in [0.15, 0.2) is 39.9 Å². The fourth-order valence-electron chi connectivity index (χ4n) is 4.04. The predicted molar refractivity (Wildman–Crippen MR) is 118 cm³/mol. The Morgan fingerprint density at radius 1 is 1.29 bits per heavy atom. The molecule has 1 saturated heterocycles. The van der Waals surface area contributed by atoms with E-state index >= 15 is 0 Å². The van der Waals surface area contributed by atoms with Crippen LogP contribution in [0.25, 0.3) is 0 Å². The van der Waals surface area contributed by atoms with Gasteiger partial charge in [-0.3, -0.25) is 4.79 Å². The molecule has 1 aromatic carbocycles. The fraction of sp³-hybridized carbons (Fsp3) is 0.455. The maximum Gasteiger partial charge on any atom is 0.417 e. The average Bonchev–Trinajstić information content (AvgIpc) is 3.07. The lowest BCUT2D eigenvalue weighted by molar-refractivity contribution is -0.272. The highest BCUT2D eigenvalue weighted by Gasteiger charge is 2.65. The number of anilines is 1. The smallest absolute Gasteiger partial charge is 0.417 e. The molecule has 0 unspecified atom stereocenters. The van der Waals surface area contributed by atoms with Crippen LogP contribution in [0.5, 0.6) is 5.75 Å². The highest BCUT2D eigenvalue weighted by molar-refractivity contribution is 7.92. The Balaban J connectivity index is 2.08. The second-order valence-corrected chi connectivity index (χ2v) is 10.7. The zero-order chi connectivity index (χ0) is 26.3. The van der Waals surface area contributed by atoms with E-state index in [0.29, 0.717) is 0 Å². The summed E-state index contributed by atoms with van der Waals surface area (Å²) in [6.07, 6.45) is -4.05. The minimum absolute atomic E-state index is 0.0532. The van der Waals surface area contributed by atoms with Crippen LogP contribution in [0, 0.1) is 17.6 Å². The number of rotatable bonds is 5. The SMILES string of the molecule is CN=[S@@](C)(=O)c1cc(NC(=O)[C@@H]2O[C@@](C)(C(F)(F)F)[C@@H](C)[C@H]2c2ccc(F)c(F)c2OC)ccn1. The number of hydrogen-bond donors (Lipinski definition) is 1. The van der Waals surface area contributed by atoms with Gasteiger partial charge in [0.1, 0.15) is 11.1 Å². The van der Waals surface area contributed by atoms with Crippen molar-refractivity contribution in [1.82, 2.24) is 4.98 Å². The molecule has 3 rings (SSSR count). The molecule has 5 atom stereocenters. The molecule has 7 nitrogen and oxygen atoms in total. The Hall–Kier alpha value is -2.80. The molecule has 35 heavy (non-hydrogen) atoms. The van der Waals surface area contributed by atoms with E-state index in [2.05, 4.69) is 14.7 Å². The van der Waals surface area contributed by atoms with E-state index in [4.69, 9.17) is 9.47 Å². The van der Waals surface area contributed by atoms with Gasteiger partial charge in [-0.1, -0.05) is 13.0 Å². The highest BCUT2D eigenvalue weighted by atomic mass is 32.2. The van der Waals surface area contributed by atoms with Gasteiger partial charge < -0.3 is 14.8 Å². The van der Waals surface area contributed by atoms with Crippen molar-refractivity contribution in [3.8, 4) is 5.75 Å². The van der Waals surface area contributed by atoms with Crippen LogP contribution in [0.2, 0.25) is 0 Å². The predicted octanol–water partition coefficient (Wildman–Crippen LogP) is 4.53. The molecule has 0 bridgehead atoms. The zero-order valence-corrected chi connectivity index (χ0v) is 20.3. The zero-order valence-electron chi connectivity index (χ0n) is 19.4. The topological polar surface area (TPSA) is 89.9 Å². The monoisotopic (exact) mass is 521 g/mol. The molecule has 13 heteroatoms. The normalized spacial score (nSPS) is 26.2. The summed E-state index contributed by atoms with van der Waals surface area (Å²) in [5.74, 6) is -6.99.